The Morgan fingerprint density at radius 3 is 2.95 bits per heavy atom. The highest BCUT2D eigenvalue weighted by Crippen LogP contribution is 2.12. The number of amides is 1. The monoisotopic (exact) mass is 260 g/mol. The Kier molecular flexibility index (Phi) is 4.97. The third kappa shape index (κ3) is 4.06. The average molecular weight is 260 g/mol. The van der Waals surface area contributed by atoms with Gasteiger partial charge in [-0.05, 0) is 43.4 Å². The minimum absolute atomic E-state index is 0.170. The Morgan fingerprint density at radius 2 is 2.21 bits per heavy atom. The molecular weight excluding hydrogens is 236 g/mol. The first-order valence-corrected chi connectivity index (χ1v) is 7.21. The predicted octanol–water partition coefficient (Wildman–Crippen LogP) is 2.04. The lowest BCUT2D eigenvalue weighted by molar-refractivity contribution is -0.122. The molecule has 1 aromatic rings. The van der Waals surface area contributed by atoms with Gasteiger partial charge in [0.25, 0.3) is 0 Å². The van der Waals surface area contributed by atoms with Crippen LogP contribution in [0.3, 0.4) is 0 Å². The smallest absolute Gasteiger partial charge is 0.220 e. The normalized spacial score (nSPS) is 23.1. The van der Waals surface area contributed by atoms with E-state index < -0.39 is 0 Å². The van der Waals surface area contributed by atoms with Crippen molar-refractivity contribution in [1.82, 2.24) is 10.6 Å². The van der Waals surface area contributed by atoms with Crippen molar-refractivity contribution in [3.05, 3.63) is 35.4 Å². The topological polar surface area (TPSA) is 41.1 Å². The third-order valence-corrected chi connectivity index (χ3v) is 4.06. The van der Waals surface area contributed by atoms with Gasteiger partial charge in [-0.15, -0.1) is 0 Å². The highest BCUT2D eigenvalue weighted by Gasteiger charge is 2.22. The van der Waals surface area contributed by atoms with Crippen LogP contribution in [-0.2, 0) is 11.2 Å². The number of rotatable bonds is 4. The minimum atomic E-state index is 0.170. The molecule has 0 aliphatic carbocycles. The number of hydrogen-bond donors (Lipinski definition) is 2. The molecule has 1 amide bonds. The molecule has 1 saturated heterocycles. The maximum Gasteiger partial charge on any atom is 0.220 e. The van der Waals surface area contributed by atoms with Crippen LogP contribution in [-0.4, -0.2) is 25.0 Å². The first kappa shape index (κ1) is 14.1. The van der Waals surface area contributed by atoms with Crippen molar-refractivity contribution in [2.75, 3.05) is 13.1 Å². The predicted molar refractivity (Wildman–Crippen MR) is 78.1 cm³/mol. The molecular formula is C16H24N2O. The van der Waals surface area contributed by atoms with Gasteiger partial charge in [0.2, 0.25) is 5.91 Å². The lowest BCUT2D eigenvalue weighted by Gasteiger charge is -2.30. The van der Waals surface area contributed by atoms with Crippen LogP contribution in [0.5, 0.6) is 0 Å². The molecule has 104 valence electrons. The van der Waals surface area contributed by atoms with Crippen LogP contribution in [0, 0.1) is 12.8 Å². The summed E-state index contributed by atoms with van der Waals surface area (Å²) in [5, 5.41) is 6.50. The molecule has 3 heteroatoms. The maximum atomic E-state index is 12.0. The lowest BCUT2D eigenvalue weighted by Crippen LogP contribution is -2.50. The van der Waals surface area contributed by atoms with E-state index >= 15 is 0 Å². The third-order valence-electron chi connectivity index (χ3n) is 4.06. The molecule has 0 unspecified atom stereocenters. The molecule has 2 atom stereocenters. The van der Waals surface area contributed by atoms with Gasteiger partial charge in [-0.3, -0.25) is 4.79 Å². The summed E-state index contributed by atoms with van der Waals surface area (Å²) in [6.07, 6.45) is 2.55. The van der Waals surface area contributed by atoms with Gasteiger partial charge in [0.05, 0.1) is 0 Å². The van der Waals surface area contributed by atoms with Gasteiger partial charge >= 0.3 is 0 Å². The molecule has 0 aromatic heterocycles. The van der Waals surface area contributed by atoms with Gasteiger partial charge < -0.3 is 10.6 Å². The zero-order valence-electron chi connectivity index (χ0n) is 11.9. The van der Waals surface area contributed by atoms with Crippen molar-refractivity contribution >= 4 is 5.91 Å². The van der Waals surface area contributed by atoms with E-state index in [4.69, 9.17) is 0 Å². The van der Waals surface area contributed by atoms with Crippen molar-refractivity contribution in [3.8, 4) is 0 Å². The van der Waals surface area contributed by atoms with Crippen LogP contribution >= 0.6 is 0 Å². The molecule has 0 saturated carbocycles. The first-order chi connectivity index (χ1) is 9.16. The summed E-state index contributed by atoms with van der Waals surface area (Å²) in [5.41, 5.74) is 2.54. The summed E-state index contributed by atoms with van der Waals surface area (Å²) >= 11 is 0. The van der Waals surface area contributed by atoms with Crippen LogP contribution in [0.1, 0.15) is 30.9 Å². The highest BCUT2D eigenvalue weighted by molar-refractivity contribution is 5.76. The second-order valence-corrected chi connectivity index (χ2v) is 5.57. The molecule has 1 fully saturated rings. The van der Waals surface area contributed by atoms with E-state index in [1.165, 1.54) is 11.1 Å². The number of carbonyl (C=O) groups is 1. The van der Waals surface area contributed by atoms with Crippen LogP contribution in [0.25, 0.3) is 0 Å². The van der Waals surface area contributed by atoms with Crippen LogP contribution in [0.4, 0.5) is 0 Å². The van der Waals surface area contributed by atoms with Crippen LogP contribution < -0.4 is 10.6 Å². The zero-order valence-corrected chi connectivity index (χ0v) is 11.9. The molecule has 1 heterocycles. The fourth-order valence-electron chi connectivity index (χ4n) is 2.60. The molecule has 1 aliphatic heterocycles. The Hall–Kier alpha value is -1.35. The van der Waals surface area contributed by atoms with E-state index in [0.29, 0.717) is 12.3 Å². The van der Waals surface area contributed by atoms with E-state index in [1.54, 1.807) is 0 Å². The molecule has 0 spiro atoms. The molecule has 3 nitrogen and oxygen atoms in total. The summed E-state index contributed by atoms with van der Waals surface area (Å²) in [6.45, 7) is 6.28. The molecule has 0 bridgehead atoms. The van der Waals surface area contributed by atoms with E-state index in [-0.39, 0.29) is 11.9 Å². The molecule has 0 radical (unpaired) electrons. The summed E-state index contributed by atoms with van der Waals surface area (Å²) < 4.78 is 0. The summed E-state index contributed by atoms with van der Waals surface area (Å²) in [6, 6.07) is 8.56. The van der Waals surface area contributed by atoms with Gasteiger partial charge in [-0.25, -0.2) is 0 Å². The van der Waals surface area contributed by atoms with Crippen molar-refractivity contribution in [3.63, 3.8) is 0 Å². The quantitative estimate of drug-likeness (QED) is 0.870. The number of hydrogen-bond acceptors (Lipinski definition) is 2. The largest absolute Gasteiger partial charge is 0.352 e. The summed E-state index contributed by atoms with van der Waals surface area (Å²) in [4.78, 5) is 12.0. The van der Waals surface area contributed by atoms with Crippen molar-refractivity contribution < 1.29 is 4.79 Å². The van der Waals surface area contributed by atoms with E-state index in [9.17, 15) is 4.79 Å². The van der Waals surface area contributed by atoms with Crippen molar-refractivity contribution in [2.45, 2.75) is 39.2 Å². The molecule has 1 aliphatic rings. The van der Waals surface area contributed by atoms with E-state index in [0.717, 1.165) is 25.9 Å². The second kappa shape index (κ2) is 6.71. The van der Waals surface area contributed by atoms with Crippen molar-refractivity contribution in [2.24, 2.45) is 5.92 Å². The molecule has 2 rings (SSSR count). The lowest BCUT2D eigenvalue weighted by atomic mass is 9.94. The standard InChI is InChI=1S/C16H24N2O/c1-12-5-3-4-6-14(12)7-8-16(19)18-15-11-17-10-9-13(15)2/h3-6,13,15,17H,7-11H2,1-2H3,(H,18,19)/t13-,15+/m1/s1. The summed E-state index contributed by atoms with van der Waals surface area (Å²) in [7, 11) is 0. The minimum Gasteiger partial charge on any atom is -0.352 e. The SMILES string of the molecule is Cc1ccccc1CCC(=O)N[C@H]1CNCC[C@H]1C. The van der Waals surface area contributed by atoms with Gasteiger partial charge in [0, 0.05) is 19.0 Å². The number of aryl methyl sites for hydroxylation is 2. The number of carbonyl (C=O) groups excluding carboxylic acids is 1. The van der Waals surface area contributed by atoms with Crippen LogP contribution in [0.15, 0.2) is 24.3 Å². The zero-order chi connectivity index (χ0) is 13.7. The van der Waals surface area contributed by atoms with Crippen molar-refractivity contribution in [1.29, 1.82) is 0 Å². The fourth-order valence-corrected chi connectivity index (χ4v) is 2.60. The number of piperidine rings is 1. The second-order valence-electron chi connectivity index (χ2n) is 5.57. The molecule has 19 heavy (non-hydrogen) atoms. The number of nitrogens with one attached hydrogen (secondary N) is 2. The van der Waals surface area contributed by atoms with Gasteiger partial charge in [0.1, 0.15) is 0 Å². The van der Waals surface area contributed by atoms with E-state index in [1.807, 2.05) is 12.1 Å². The van der Waals surface area contributed by atoms with Gasteiger partial charge in [-0.2, -0.15) is 0 Å². The Bertz CT molecular complexity index is 431. The van der Waals surface area contributed by atoms with E-state index in [2.05, 4.69) is 36.6 Å². The number of benzene rings is 1. The first-order valence-electron chi connectivity index (χ1n) is 7.21. The molecule has 2 N–H and O–H groups in total. The Labute approximate surface area is 115 Å². The molecule has 1 aromatic carbocycles. The Balaban J connectivity index is 1.80. The van der Waals surface area contributed by atoms with Gasteiger partial charge in [-0.1, -0.05) is 31.2 Å². The highest BCUT2D eigenvalue weighted by atomic mass is 16.1. The van der Waals surface area contributed by atoms with Crippen LogP contribution in [0.2, 0.25) is 0 Å². The Morgan fingerprint density at radius 1 is 1.42 bits per heavy atom. The summed E-state index contributed by atoms with van der Waals surface area (Å²) in [5.74, 6) is 0.743. The maximum absolute atomic E-state index is 12.0. The fraction of sp³-hybridized carbons (Fsp3) is 0.562. The average Bonchev–Trinajstić information content (AvgIpc) is 2.40. The van der Waals surface area contributed by atoms with Gasteiger partial charge in [0.15, 0.2) is 0 Å².